The van der Waals surface area contributed by atoms with Crippen LogP contribution >= 0.6 is 31.9 Å². The molecule has 1 amide bonds. The molecule has 2 rings (SSSR count). The SMILES string of the molecule is O=C(CNCC1CC1)Nc1cc(Br)ccc1Br. The first-order valence-electron chi connectivity index (χ1n) is 5.61. The second-order valence-corrected chi connectivity index (χ2v) is 6.02. The topological polar surface area (TPSA) is 41.1 Å². The van der Waals surface area contributed by atoms with E-state index in [0.29, 0.717) is 6.54 Å². The van der Waals surface area contributed by atoms with Crippen molar-refractivity contribution in [2.45, 2.75) is 12.8 Å². The van der Waals surface area contributed by atoms with Crippen molar-refractivity contribution < 1.29 is 4.79 Å². The number of hydrogen-bond donors (Lipinski definition) is 2. The Labute approximate surface area is 118 Å². The molecule has 1 aromatic rings. The van der Waals surface area contributed by atoms with Crippen LogP contribution in [-0.2, 0) is 4.79 Å². The van der Waals surface area contributed by atoms with Crippen molar-refractivity contribution in [2.75, 3.05) is 18.4 Å². The Morgan fingerprint density at radius 2 is 2.12 bits per heavy atom. The predicted molar refractivity (Wildman–Crippen MR) is 76.1 cm³/mol. The molecule has 1 fully saturated rings. The summed E-state index contributed by atoms with van der Waals surface area (Å²) in [5, 5.41) is 6.03. The number of carbonyl (C=O) groups is 1. The molecule has 17 heavy (non-hydrogen) atoms. The molecule has 1 saturated carbocycles. The normalized spacial score (nSPS) is 14.7. The highest BCUT2D eigenvalue weighted by molar-refractivity contribution is 9.11. The first-order valence-corrected chi connectivity index (χ1v) is 7.19. The fourth-order valence-corrected chi connectivity index (χ4v) is 2.21. The molecule has 1 aromatic carbocycles. The summed E-state index contributed by atoms with van der Waals surface area (Å²) in [6.07, 6.45) is 2.59. The zero-order valence-electron chi connectivity index (χ0n) is 9.30. The van der Waals surface area contributed by atoms with E-state index in [0.717, 1.165) is 27.1 Å². The van der Waals surface area contributed by atoms with Crippen molar-refractivity contribution in [1.29, 1.82) is 0 Å². The van der Waals surface area contributed by atoms with Crippen LogP contribution in [0.2, 0.25) is 0 Å². The van der Waals surface area contributed by atoms with Crippen LogP contribution in [0.3, 0.4) is 0 Å². The van der Waals surface area contributed by atoms with Gasteiger partial charge < -0.3 is 10.6 Å². The van der Waals surface area contributed by atoms with E-state index in [-0.39, 0.29) is 5.91 Å². The summed E-state index contributed by atoms with van der Waals surface area (Å²) in [6.45, 7) is 1.32. The van der Waals surface area contributed by atoms with Crippen molar-refractivity contribution in [3.05, 3.63) is 27.1 Å². The van der Waals surface area contributed by atoms with Gasteiger partial charge in [0.15, 0.2) is 0 Å². The van der Waals surface area contributed by atoms with Crippen molar-refractivity contribution >= 4 is 43.5 Å². The maximum Gasteiger partial charge on any atom is 0.238 e. The second-order valence-electron chi connectivity index (χ2n) is 4.25. The molecule has 0 aliphatic heterocycles. The monoisotopic (exact) mass is 360 g/mol. The van der Waals surface area contributed by atoms with E-state index in [4.69, 9.17) is 0 Å². The van der Waals surface area contributed by atoms with E-state index in [1.807, 2.05) is 18.2 Å². The number of hydrogen-bond acceptors (Lipinski definition) is 2. The smallest absolute Gasteiger partial charge is 0.238 e. The summed E-state index contributed by atoms with van der Waals surface area (Å²) >= 11 is 6.78. The predicted octanol–water partition coefficient (Wildman–Crippen LogP) is 3.15. The average molecular weight is 362 g/mol. The van der Waals surface area contributed by atoms with Crippen LogP contribution in [0.5, 0.6) is 0 Å². The molecule has 0 bridgehead atoms. The summed E-state index contributed by atoms with van der Waals surface area (Å²) in [5.74, 6) is 0.782. The van der Waals surface area contributed by atoms with Crippen LogP contribution in [0.1, 0.15) is 12.8 Å². The lowest BCUT2D eigenvalue weighted by Crippen LogP contribution is -2.29. The van der Waals surface area contributed by atoms with E-state index < -0.39 is 0 Å². The molecule has 0 unspecified atom stereocenters. The molecule has 5 heteroatoms. The Kier molecular flexibility index (Phi) is 4.59. The van der Waals surface area contributed by atoms with Gasteiger partial charge in [0.1, 0.15) is 0 Å². The molecule has 2 N–H and O–H groups in total. The molecular weight excluding hydrogens is 348 g/mol. The number of anilines is 1. The minimum absolute atomic E-state index is 0.00977. The number of rotatable bonds is 5. The van der Waals surface area contributed by atoms with Gasteiger partial charge in [-0.2, -0.15) is 0 Å². The summed E-state index contributed by atoms with van der Waals surface area (Å²) in [5.41, 5.74) is 0.789. The molecule has 0 aromatic heterocycles. The molecule has 3 nitrogen and oxygen atoms in total. The van der Waals surface area contributed by atoms with Gasteiger partial charge in [-0.1, -0.05) is 15.9 Å². The number of halogens is 2. The van der Waals surface area contributed by atoms with Gasteiger partial charge in [-0.05, 0) is 59.4 Å². The van der Waals surface area contributed by atoms with Crippen LogP contribution < -0.4 is 10.6 Å². The zero-order valence-corrected chi connectivity index (χ0v) is 12.5. The highest BCUT2D eigenvalue weighted by Crippen LogP contribution is 2.27. The third kappa shape index (κ3) is 4.41. The fraction of sp³-hybridized carbons (Fsp3) is 0.417. The molecule has 0 saturated heterocycles. The number of nitrogens with one attached hydrogen (secondary N) is 2. The molecule has 0 spiro atoms. The number of amides is 1. The van der Waals surface area contributed by atoms with Gasteiger partial charge in [-0.25, -0.2) is 0 Å². The quantitative estimate of drug-likeness (QED) is 0.845. The van der Waals surface area contributed by atoms with Gasteiger partial charge >= 0.3 is 0 Å². The van der Waals surface area contributed by atoms with Crippen LogP contribution in [0, 0.1) is 5.92 Å². The van der Waals surface area contributed by atoms with Gasteiger partial charge in [0.2, 0.25) is 5.91 Å². The summed E-state index contributed by atoms with van der Waals surface area (Å²) in [7, 11) is 0. The van der Waals surface area contributed by atoms with Crippen LogP contribution in [0.15, 0.2) is 27.1 Å². The van der Waals surface area contributed by atoms with Crippen molar-refractivity contribution in [3.63, 3.8) is 0 Å². The number of carbonyl (C=O) groups excluding carboxylic acids is 1. The van der Waals surface area contributed by atoms with Gasteiger partial charge in [0, 0.05) is 8.95 Å². The van der Waals surface area contributed by atoms with Crippen LogP contribution in [0.4, 0.5) is 5.69 Å². The van der Waals surface area contributed by atoms with Crippen molar-refractivity contribution in [1.82, 2.24) is 5.32 Å². The highest BCUT2D eigenvalue weighted by atomic mass is 79.9. The molecule has 0 heterocycles. The Bertz CT molecular complexity index is 419. The fourth-order valence-electron chi connectivity index (χ4n) is 1.50. The van der Waals surface area contributed by atoms with E-state index >= 15 is 0 Å². The summed E-state index contributed by atoms with van der Waals surface area (Å²) in [6, 6.07) is 5.70. The zero-order chi connectivity index (χ0) is 12.3. The Balaban J connectivity index is 1.81. The molecule has 0 atom stereocenters. The Hall–Kier alpha value is -0.390. The third-order valence-electron chi connectivity index (χ3n) is 2.62. The Morgan fingerprint density at radius 3 is 2.82 bits per heavy atom. The van der Waals surface area contributed by atoms with Crippen molar-refractivity contribution in [3.8, 4) is 0 Å². The minimum Gasteiger partial charge on any atom is -0.324 e. The van der Waals surface area contributed by atoms with E-state index in [1.165, 1.54) is 12.8 Å². The lowest BCUT2D eigenvalue weighted by molar-refractivity contribution is -0.115. The minimum atomic E-state index is -0.00977. The third-order valence-corrected chi connectivity index (χ3v) is 3.80. The summed E-state index contributed by atoms with van der Waals surface area (Å²) in [4.78, 5) is 11.7. The number of benzene rings is 1. The maximum atomic E-state index is 11.7. The standard InChI is InChI=1S/C12H14Br2N2O/c13-9-3-4-10(14)11(5-9)16-12(17)7-15-6-8-1-2-8/h3-5,8,15H,1-2,6-7H2,(H,16,17). The molecule has 0 radical (unpaired) electrons. The Morgan fingerprint density at radius 1 is 1.35 bits per heavy atom. The molecular formula is C12H14Br2N2O. The summed E-state index contributed by atoms with van der Waals surface area (Å²) < 4.78 is 1.83. The highest BCUT2D eigenvalue weighted by Gasteiger charge is 2.20. The van der Waals surface area contributed by atoms with Gasteiger partial charge in [-0.15, -0.1) is 0 Å². The first-order chi connectivity index (χ1) is 8.15. The van der Waals surface area contributed by atoms with Crippen molar-refractivity contribution in [2.24, 2.45) is 5.92 Å². The van der Waals surface area contributed by atoms with Crippen LogP contribution in [-0.4, -0.2) is 19.0 Å². The average Bonchev–Trinajstić information content (AvgIpc) is 3.07. The molecule has 92 valence electrons. The van der Waals surface area contributed by atoms with E-state index in [1.54, 1.807) is 0 Å². The largest absolute Gasteiger partial charge is 0.324 e. The first kappa shape index (κ1) is 13.1. The lowest BCUT2D eigenvalue weighted by Gasteiger charge is -2.08. The maximum absolute atomic E-state index is 11.7. The van der Waals surface area contributed by atoms with Crippen LogP contribution in [0.25, 0.3) is 0 Å². The van der Waals surface area contributed by atoms with Gasteiger partial charge in [-0.3, -0.25) is 4.79 Å². The van der Waals surface area contributed by atoms with Gasteiger partial charge in [0.25, 0.3) is 0 Å². The van der Waals surface area contributed by atoms with E-state index in [2.05, 4.69) is 42.5 Å². The molecule has 1 aliphatic rings. The van der Waals surface area contributed by atoms with Gasteiger partial charge in [0.05, 0.1) is 12.2 Å². The molecule has 1 aliphatic carbocycles. The lowest BCUT2D eigenvalue weighted by atomic mass is 10.3. The second kappa shape index (κ2) is 5.98. The van der Waals surface area contributed by atoms with E-state index in [9.17, 15) is 4.79 Å².